The minimum absolute atomic E-state index is 0.0666. The van der Waals surface area contributed by atoms with Gasteiger partial charge in [-0.25, -0.2) is 0 Å². The SMILES string of the molecule is COc1cc(C=NN(O)C(=N)N)c(Cl)c(OC)c1OC.Cc1ccc(S(=O)(=O)O)cc1. The van der Waals surface area contributed by atoms with Crippen LogP contribution in [0.15, 0.2) is 40.3 Å². The van der Waals surface area contributed by atoms with Crippen molar-refractivity contribution in [2.24, 2.45) is 10.8 Å². The molecule has 11 nitrogen and oxygen atoms in total. The highest BCUT2D eigenvalue weighted by atomic mass is 35.5. The van der Waals surface area contributed by atoms with E-state index in [9.17, 15) is 13.6 Å². The Morgan fingerprint density at radius 1 is 1.16 bits per heavy atom. The van der Waals surface area contributed by atoms with Gasteiger partial charge in [0.2, 0.25) is 11.7 Å². The maximum absolute atomic E-state index is 10.5. The quantitative estimate of drug-likeness (QED) is 0.213. The Kier molecular flexibility index (Phi) is 9.52. The van der Waals surface area contributed by atoms with E-state index in [1.165, 1.54) is 39.7 Å². The highest BCUT2D eigenvalue weighted by Gasteiger charge is 2.18. The Labute approximate surface area is 184 Å². The molecular formula is C18H23ClN4O7S. The first kappa shape index (κ1) is 26.0. The molecule has 0 aliphatic rings. The van der Waals surface area contributed by atoms with Gasteiger partial charge in [-0.2, -0.15) is 13.5 Å². The van der Waals surface area contributed by atoms with Gasteiger partial charge in [0.25, 0.3) is 10.1 Å². The van der Waals surface area contributed by atoms with Crippen LogP contribution >= 0.6 is 11.6 Å². The third-order valence-electron chi connectivity index (χ3n) is 3.64. The van der Waals surface area contributed by atoms with Gasteiger partial charge in [-0.05, 0) is 25.1 Å². The Hall–Kier alpha value is -3.06. The van der Waals surface area contributed by atoms with Crippen molar-refractivity contribution < 1.29 is 32.4 Å². The van der Waals surface area contributed by atoms with Crippen molar-refractivity contribution in [3.63, 3.8) is 0 Å². The van der Waals surface area contributed by atoms with Gasteiger partial charge in [0.05, 0.1) is 37.5 Å². The molecule has 0 amide bonds. The summed E-state index contributed by atoms with van der Waals surface area (Å²) in [5, 5.41) is 20.1. The molecule has 0 unspecified atom stereocenters. The summed E-state index contributed by atoms with van der Waals surface area (Å²) in [6.07, 6.45) is 1.20. The molecule has 0 saturated carbocycles. The van der Waals surface area contributed by atoms with E-state index >= 15 is 0 Å². The van der Waals surface area contributed by atoms with Crippen molar-refractivity contribution in [1.82, 2.24) is 5.17 Å². The summed E-state index contributed by atoms with van der Waals surface area (Å²) in [6, 6.07) is 7.53. The predicted octanol–water partition coefficient (Wildman–Crippen LogP) is 2.53. The normalized spacial score (nSPS) is 10.8. The van der Waals surface area contributed by atoms with Crippen LogP contribution in [-0.4, -0.2) is 56.9 Å². The number of nitrogens with two attached hydrogens (primary N) is 1. The number of hydrogen-bond donors (Lipinski definition) is 4. The maximum Gasteiger partial charge on any atom is 0.294 e. The molecule has 170 valence electrons. The van der Waals surface area contributed by atoms with Crippen molar-refractivity contribution in [1.29, 1.82) is 5.41 Å². The fraction of sp³-hybridized carbons (Fsp3) is 0.222. The molecule has 0 spiro atoms. The zero-order valence-electron chi connectivity index (χ0n) is 17.2. The van der Waals surface area contributed by atoms with Gasteiger partial charge in [0.1, 0.15) is 0 Å². The van der Waals surface area contributed by atoms with Crippen LogP contribution in [0.3, 0.4) is 0 Å². The molecule has 0 heterocycles. The molecule has 5 N–H and O–H groups in total. The predicted molar refractivity (Wildman–Crippen MR) is 115 cm³/mol. The lowest BCUT2D eigenvalue weighted by Crippen LogP contribution is -2.28. The number of rotatable bonds is 6. The summed E-state index contributed by atoms with van der Waals surface area (Å²) in [5.74, 6) is 0.346. The van der Waals surface area contributed by atoms with Crippen LogP contribution in [0.1, 0.15) is 11.1 Å². The van der Waals surface area contributed by atoms with Gasteiger partial charge in [-0.1, -0.05) is 29.3 Å². The molecule has 0 aliphatic heterocycles. The first-order valence-electron chi connectivity index (χ1n) is 8.35. The first-order chi connectivity index (χ1) is 14.5. The second-order valence-electron chi connectivity index (χ2n) is 5.76. The van der Waals surface area contributed by atoms with Crippen molar-refractivity contribution in [3.05, 3.63) is 46.5 Å². The Bertz CT molecular complexity index is 1040. The van der Waals surface area contributed by atoms with Crippen LogP contribution < -0.4 is 19.9 Å². The highest BCUT2D eigenvalue weighted by molar-refractivity contribution is 7.85. The maximum atomic E-state index is 10.5. The number of benzene rings is 2. The van der Waals surface area contributed by atoms with Gasteiger partial charge in [0.15, 0.2) is 11.5 Å². The minimum atomic E-state index is -4.02. The van der Waals surface area contributed by atoms with E-state index in [2.05, 4.69) is 5.10 Å². The molecular weight excluding hydrogens is 452 g/mol. The Morgan fingerprint density at radius 2 is 1.71 bits per heavy atom. The van der Waals surface area contributed by atoms with E-state index in [-0.39, 0.29) is 20.8 Å². The van der Waals surface area contributed by atoms with Crippen LogP contribution in [0.5, 0.6) is 17.2 Å². The zero-order valence-corrected chi connectivity index (χ0v) is 18.7. The lowest BCUT2D eigenvalue weighted by Gasteiger charge is -2.15. The van der Waals surface area contributed by atoms with Gasteiger partial charge >= 0.3 is 0 Å². The molecule has 0 aliphatic carbocycles. The third kappa shape index (κ3) is 7.29. The molecule has 0 aromatic heterocycles. The molecule has 2 rings (SSSR count). The number of ether oxygens (including phenoxy) is 3. The fourth-order valence-corrected chi connectivity index (χ4v) is 2.87. The monoisotopic (exact) mass is 474 g/mol. The first-order valence-corrected chi connectivity index (χ1v) is 10.2. The average Bonchev–Trinajstić information content (AvgIpc) is 2.72. The van der Waals surface area contributed by atoms with E-state index in [0.29, 0.717) is 17.1 Å². The number of nitrogens with one attached hydrogen (secondary N) is 1. The highest BCUT2D eigenvalue weighted by Crippen LogP contribution is 2.44. The van der Waals surface area contributed by atoms with Crippen LogP contribution in [0.2, 0.25) is 5.02 Å². The van der Waals surface area contributed by atoms with Gasteiger partial charge in [-0.3, -0.25) is 15.2 Å². The molecule has 0 saturated heterocycles. The second kappa shape index (κ2) is 11.4. The summed E-state index contributed by atoms with van der Waals surface area (Å²) in [6.45, 7) is 1.84. The second-order valence-corrected chi connectivity index (χ2v) is 7.56. The van der Waals surface area contributed by atoms with Gasteiger partial charge in [-0.15, -0.1) is 5.17 Å². The molecule has 0 bridgehead atoms. The van der Waals surface area contributed by atoms with Crippen LogP contribution in [0.4, 0.5) is 0 Å². The van der Waals surface area contributed by atoms with Gasteiger partial charge < -0.3 is 19.9 Å². The lowest BCUT2D eigenvalue weighted by atomic mass is 10.2. The largest absolute Gasteiger partial charge is 0.493 e. The van der Waals surface area contributed by atoms with E-state index in [1.54, 1.807) is 18.2 Å². The standard InChI is InChI=1S/C11H15ClN4O4.C7H8O3S/c1-18-7-4-6(5-15-16(17)11(13)14)8(12)10(20-3)9(7)19-2;1-6-2-4-7(5-3-6)11(8,9)10/h4-5,17H,1-3H3,(H3,13,14);2-5H,1H3,(H,8,9,10). The molecule has 0 radical (unpaired) electrons. The Balaban J connectivity index is 0.000000367. The van der Waals surface area contributed by atoms with Crippen molar-refractivity contribution in [2.45, 2.75) is 11.8 Å². The topological polar surface area (TPSA) is 168 Å². The van der Waals surface area contributed by atoms with E-state index < -0.39 is 16.1 Å². The summed E-state index contributed by atoms with van der Waals surface area (Å²) >= 11 is 6.15. The lowest BCUT2D eigenvalue weighted by molar-refractivity contribution is -0.0139. The van der Waals surface area contributed by atoms with Crippen molar-refractivity contribution in [3.8, 4) is 17.2 Å². The van der Waals surface area contributed by atoms with E-state index in [4.69, 9.17) is 41.5 Å². The molecule has 0 fully saturated rings. The molecule has 0 atom stereocenters. The summed E-state index contributed by atoms with van der Waals surface area (Å²) in [4.78, 5) is -0.0666. The van der Waals surface area contributed by atoms with E-state index in [0.717, 1.165) is 5.56 Å². The summed E-state index contributed by atoms with van der Waals surface area (Å²) in [5.41, 5.74) is 6.39. The molecule has 13 heteroatoms. The number of hydrazone groups is 1. The number of aryl methyl sites for hydroxylation is 1. The molecule has 2 aromatic carbocycles. The van der Waals surface area contributed by atoms with Crippen molar-refractivity contribution >= 4 is 33.9 Å². The average molecular weight is 475 g/mol. The molecule has 31 heavy (non-hydrogen) atoms. The fourth-order valence-electron chi connectivity index (χ4n) is 2.12. The number of nitrogens with zero attached hydrogens (tertiary/aromatic N) is 2. The Morgan fingerprint density at radius 3 is 2.13 bits per heavy atom. The van der Waals surface area contributed by atoms with Gasteiger partial charge in [0, 0.05) is 5.56 Å². The van der Waals surface area contributed by atoms with E-state index in [1.807, 2.05) is 6.92 Å². The number of hydrogen-bond acceptors (Lipinski definition) is 8. The summed E-state index contributed by atoms with van der Waals surface area (Å²) < 4.78 is 45.0. The zero-order chi connectivity index (χ0) is 23.8. The minimum Gasteiger partial charge on any atom is -0.493 e. The van der Waals surface area contributed by atoms with Crippen molar-refractivity contribution in [2.75, 3.05) is 21.3 Å². The number of hydroxylamine groups is 1. The smallest absolute Gasteiger partial charge is 0.294 e. The number of halogens is 1. The number of methoxy groups -OCH3 is 3. The van der Waals surface area contributed by atoms with Crippen LogP contribution in [-0.2, 0) is 10.1 Å². The summed E-state index contributed by atoms with van der Waals surface area (Å²) in [7, 11) is 0.321. The van der Waals surface area contributed by atoms with Crippen LogP contribution in [0, 0.1) is 12.3 Å². The third-order valence-corrected chi connectivity index (χ3v) is 4.90. The number of guanidine groups is 1. The molecule has 2 aromatic rings. The van der Waals surface area contributed by atoms with Crippen LogP contribution in [0.25, 0.3) is 0 Å².